The van der Waals surface area contributed by atoms with Gasteiger partial charge in [-0.2, -0.15) is 0 Å². The van der Waals surface area contributed by atoms with Gasteiger partial charge in [-0.3, -0.25) is 24.7 Å². The first kappa shape index (κ1) is 26.8. The van der Waals surface area contributed by atoms with Crippen molar-refractivity contribution in [2.24, 2.45) is 5.41 Å². The lowest BCUT2D eigenvalue weighted by Gasteiger charge is -2.58. The van der Waals surface area contributed by atoms with E-state index in [1.165, 1.54) is 11.1 Å². The molecule has 8 rings (SSSR count). The molecule has 0 spiro atoms. The van der Waals surface area contributed by atoms with E-state index < -0.39 is 0 Å². The molecule has 41 heavy (non-hydrogen) atoms. The Bertz CT molecular complexity index is 1420. The van der Waals surface area contributed by atoms with Crippen LogP contribution in [0.15, 0.2) is 42.0 Å². The largest absolute Gasteiger partial charge is 0.360 e. The molecule has 1 aliphatic carbocycles. The standard InChI is InChI=1S/C33H38F2N4O2/c1-33(2)10-9-21(27(14-33)20-3-5-24(34)6-4-20)15-37-18-25-13-26(19-37)39(25)30-12-23-17-38(16-22(23)11-28(30)35)29-7-8-31(40)36-32(29)41/h3-6,11-12,25-26,29H,7-10,13-19H2,1-2H3,(H,36,40,41). The fraction of sp³-hybridized carbons (Fsp3) is 0.515. The third-order valence-corrected chi connectivity index (χ3v) is 10.0. The lowest BCUT2D eigenvalue weighted by molar-refractivity contribution is -0.137. The van der Waals surface area contributed by atoms with Gasteiger partial charge in [0.05, 0.1) is 11.7 Å². The summed E-state index contributed by atoms with van der Waals surface area (Å²) in [7, 11) is 0. The minimum atomic E-state index is -0.344. The normalized spacial score (nSPS) is 28.0. The number of hydrogen-bond acceptors (Lipinski definition) is 5. The van der Waals surface area contributed by atoms with Crippen molar-refractivity contribution in [1.82, 2.24) is 15.1 Å². The molecule has 3 unspecified atom stereocenters. The highest BCUT2D eigenvalue weighted by molar-refractivity contribution is 6.00. The molecular weight excluding hydrogens is 522 g/mol. The predicted molar refractivity (Wildman–Crippen MR) is 154 cm³/mol. The molecule has 216 valence electrons. The summed E-state index contributed by atoms with van der Waals surface area (Å²) in [5.41, 5.74) is 6.87. The number of hydrogen-bond donors (Lipinski definition) is 1. The van der Waals surface area contributed by atoms with Gasteiger partial charge in [-0.25, -0.2) is 8.78 Å². The van der Waals surface area contributed by atoms with E-state index in [1.807, 2.05) is 18.2 Å². The summed E-state index contributed by atoms with van der Waals surface area (Å²) in [5, 5.41) is 2.45. The summed E-state index contributed by atoms with van der Waals surface area (Å²) in [6.45, 7) is 8.48. The van der Waals surface area contributed by atoms with Gasteiger partial charge in [0.1, 0.15) is 11.6 Å². The van der Waals surface area contributed by atoms with Crippen molar-refractivity contribution in [3.05, 3.63) is 70.3 Å². The van der Waals surface area contributed by atoms with Crippen LogP contribution < -0.4 is 10.2 Å². The van der Waals surface area contributed by atoms with E-state index in [2.05, 4.69) is 33.9 Å². The molecule has 2 amide bonds. The Morgan fingerprint density at radius 1 is 0.976 bits per heavy atom. The van der Waals surface area contributed by atoms with E-state index in [9.17, 15) is 14.0 Å². The number of halogens is 2. The number of piperazine rings is 1. The Hall–Kier alpha value is -3.10. The zero-order chi connectivity index (χ0) is 28.5. The Labute approximate surface area is 240 Å². The summed E-state index contributed by atoms with van der Waals surface area (Å²) in [6, 6.07) is 10.8. The average Bonchev–Trinajstić information content (AvgIpc) is 3.32. The second kappa shape index (κ2) is 10.0. The molecule has 0 saturated carbocycles. The monoisotopic (exact) mass is 560 g/mol. The smallest absolute Gasteiger partial charge is 0.243 e. The topological polar surface area (TPSA) is 55.9 Å². The van der Waals surface area contributed by atoms with Crippen LogP contribution >= 0.6 is 0 Å². The summed E-state index contributed by atoms with van der Waals surface area (Å²) in [4.78, 5) is 30.9. The van der Waals surface area contributed by atoms with Crippen LogP contribution in [0, 0.1) is 17.0 Å². The molecule has 2 bridgehead atoms. The van der Waals surface area contributed by atoms with Gasteiger partial charge in [-0.15, -0.1) is 0 Å². The van der Waals surface area contributed by atoms with E-state index in [0.717, 1.165) is 62.0 Å². The van der Waals surface area contributed by atoms with Crippen LogP contribution in [0.3, 0.4) is 0 Å². The number of imide groups is 1. The molecule has 0 aromatic heterocycles. The summed E-state index contributed by atoms with van der Waals surface area (Å²) >= 11 is 0. The van der Waals surface area contributed by atoms with E-state index in [-0.39, 0.29) is 47.0 Å². The summed E-state index contributed by atoms with van der Waals surface area (Å²) in [6.07, 6.45) is 5.13. The molecular formula is C33H38F2N4O2. The average molecular weight is 561 g/mol. The van der Waals surface area contributed by atoms with Crippen LogP contribution in [-0.2, 0) is 22.7 Å². The number of carbonyl (C=O) groups excluding carboxylic acids is 2. The molecule has 3 atom stereocenters. The van der Waals surface area contributed by atoms with Gasteiger partial charge in [0.2, 0.25) is 11.8 Å². The Kier molecular flexibility index (Phi) is 6.54. The van der Waals surface area contributed by atoms with E-state index in [1.54, 1.807) is 18.2 Å². The number of benzene rings is 2. The molecule has 4 saturated heterocycles. The highest BCUT2D eigenvalue weighted by atomic mass is 19.1. The Morgan fingerprint density at radius 2 is 1.68 bits per heavy atom. The highest BCUT2D eigenvalue weighted by Crippen LogP contribution is 2.45. The first-order chi connectivity index (χ1) is 19.6. The van der Waals surface area contributed by atoms with E-state index in [0.29, 0.717) is 31.6 Å². The highest BCUT2D eigenvalue weighted by Gasteiger charge is 2.46. The van der Waals surface area contributed by atoms with Gasteiger partial charge in [-0.1, -0.05) is 31.6 Å². The molecule has 6 aliphatic rings. The summed E-state index contributed by atoms with van der Waals surface area (Å²) in [5.74, 6) is -0.853. The number of carbonyl (C=O) groups is 2. The number of fused-ring (bicyclic) bond motifs is 3. The van der Waals surface area contributed by atoms with Crippen LogP contribution in [-0.4, -0.2) is 59.4 Å². The summed E-state index contributed by atoms with van der Waals surface area (Å²) < 4.78 is 29.1. The number of nitrogens with zero attached hydrogens (tertiary/aromatic N) is 3. The molecule has 5 aliphatic heterocycles. The van der Waals surface area contributed by atoms with Gasteiger partial charge >= 0.3 is 0 Å². The molecule has 2 aromatic rings. The fourth-order valence-electron chi connectivity index (χ4n) is 7.84. The zero-order valence-electron chi connectivity index (χ0n) is 23.9. The van der Waals surface area contributed by atoms with Crippen LogP contribution in [0.4, 0.5) is 14.5 Å². The van der Waals surface area contributed by atoms with Crippen molar-refractivity contribution in [3.63, 3.8) is 0 Å². The van der Waals surface area contributed by atoms with E-state index >= 15 is 4.39 Å². The molecule has 6 nitrogen and oxygen atoms in total. The van der Waals surface area contributed by atoms with Crippen molar-refractivity contribution in [2.45, 2.75) is 83.6 Å². The first-order valence-corrected chi connectivity index (χ1v) is 15.0. The third kappa shape index (κ3) is 4.99. The maximum atomic E-state index is 15.5. The molecule has 0 radical (unpaired) electrons. The number of allylic oxidation sites excluding steroid dienone is 1. The molecule has 1 N–H and O–H groups in total. The van der Waals surface area contributed by atoms with Crippen LogP contribution in [0.5, 0.6) is 0 Å². The molecule has 5 heterocycles. The number of anilines is 1. The van der Waals surface area contributed by atoms with Crippen molar-refractivity contribution < 1.29 is 18.4 Å². The second-order valence-corrected chi connectivity index (χ2v) is 13.5. The van der Waals surface area contributed by atoms with Crippen LogP contribution in [0.1, 0.15) is 69.1 Å². The minimum absolute atomic E-state index is 0.187. The maximum absolute atomic E-state index is 15.5. The van der Waals surface area contributed by atoms with Gasteiger partial charge in [-0.05, 0) is 84.0 Å². The van der Waals surface area contributed by atoms with Crippen molar-refractivity contribution in [2.75, 3.05) is 24.5 Å². The van der Waals surface area contributed by atoms with Gasteiger partial charge < -0.3 is 4.90 Å². The number of piperidine rings is 2. The molecule has 8 heteroatoms. The number of nitrogens with one attached hydrogen (secondary N) is 1. The fourth-order valence-corrected chi connectivity index (χ4v) is 7.84. The van der Waals surface area contributed by atoms with E-state index in [4.69, 9.17) is 0 Å². The number of rotatable bonds is 5. The van der Waals surface area contributed by atoms with Gasteiger partial charge in [0.25, 0.3) is 0 Å². The second-order valence-electron chi connectivity index (χ2n) is 13.5. The Balaban J connectivity index is 1.05. The predicted octanol–water partition coefficient (Wildman–Crippen LogP) is 5.01. The van der Waals surface area contributed by atoms with Crippen molar-refractivity contribution in [3.8, 4) is 0 Å². The zero-order valence-corrected chi connectivity index (χ0v) is 23.9. The first-order valence-electron chi connectivity index (χ1n) is 15.0. The minimum Gasteiger partial charge on any atom is -0.360 e. The number of amides is 2. The quantitative estimate of drug-likeness (QED) is 0.521. The van der Waals surface area contributed by atoms with Gasteiger partial charge in [0, 0.05) is 51.2 Å². The SMILES string of the molecule is CC1(C)CCC(CN2CC3CC(C2)N3c2cc3c(cc2F)CN(C2CCC(=O)NC2=O)C3)=C(c2ccc(F)cc2)C1. The lowest BCUT2D eigenvalue weighted by atomic mass is 9.72. The Morgan fingerprint density at radius 3 is 2.39 bits per heavy atom. The van der Waals surface area contributed by atoms with Gasteiger partial charge in [0.15, 0.2) is 0 Å². The van der Waals surface area contributed by atoms with Crippen molar-refractivity contribution in [1.29, 1.82) is 0 Å². The molecule has 2 aromatic carbocycles. The third-order valence-electron chi connectivity index (χ3n) is 10.0. The maximum Gasteiger partial charge on any atom is 0.243 e. The van der Waals surface area contributed by atoms with Crippen molar-refractivity contribution >= 4 is 23.1 Å². The lowest BCUT2D eigenvalue weighted by Crippen LogP contribution is -2.69. The van der Waals surface area contributed by atoms with Crippen LogP contribution in [0.2, 0.25) is 0 Å². The molecule has 4 fully saturated rings. The van der Waals surface area contributed by atoms with Crippen LogP contribution in [0.25, 0.3) is 5.57 Å².